The molecule has 2 nitrogen and oxygen atoms in total. The molecule has 0 aliphatic carbocycles. The Bertz CT molecular complexity index is 437. The summed E-state index contributed by atoms with van der Waals surface area (Å²) in [6.45, 7) is 8.52. The van der Waals surface area contributed by atoms with Crippen LogP contribution in [0, 0.1) is 27.7 Å². The number of hydrogen-bond donors (Lipinski definition) is 0. The first-order valence-corrected chi connectivity index (χ1v) is 6.05. The van der Waals surface area contributed by atoms with Crippen molar-refractivity contribution in [2.24, 2.45) is 0 Å². The third-order valence-corrected chi connectivity index (χ3v) is 3.46. The third-order valence-electron chi connectivity index (χ3n) is 3.46. The zero-order chi connectivity index (χ0) is 12.6. The fourth-order valence-corrected chi connectivity index (χ4v) is 2.63. The van der Waals surface area contributed by atoms with Crippen LogP contribution in [0.1, 0.15) is 28.9 Å². The monoisotopic (exact) mass is 226 g/mol. The van der Waals surface area contributed by atoms with Crippen molar-refractivity contribution < 1.29 is 0 Å². The molecule has 2 heterocycles. The van der Waals surface area contributed by atoms with E-state index in [1.807, 2.05) is 0 Å². The summed E-state index contributed by atoms with van der Waals surface area (Å²) < 4.78 is 4.61. The fraction of sp³-hybridized carbons (Fsp3) is 0.429. The standard InChI is InChI=1S/C14H19BN2/c1-10-5-6-11(2)16(10)14(9-15)17-12(3)7-8-13(17)4/h5-8,14H,9H2,1-4H3. The molecular weight excluding hydrogens is 207 g/mol. The Balaban J connectivity index is 2.55. The number of nitrogens with zero attached hydrogens (tertiary/aromatic N) is 2. The highest BCUT2D eigenvalue weighted by Crippen LogP contribution is 2.24. The van der Waals surface area contributed by atoms with Gasteiger partial charge in [-0.1, -0.05) is 0 Å². The molecule has 0 saturated heterocycles. The van der Waals surface area contributed by atoms with Crippen LogP contribution in [0.25, 0.3) is 0 Å². The minimum Gasteiger partial charge on any atom is -0.329 e. The quantitative estimate of drug-likeness (QED) is 0.711. The van der Waals surface area contributed by atoms with Crippen LogP contribution in [0.15, 0.2) is 24.3 Å². The Morgan fingerprint density at radius 2 is 1.12 bits per heavy atom. The molecule has 0 unspecified atom stereocenters. The largest absolute Gasteiger partial charge is 0.329 e. The normalized spacial score (nSPS) is 11.4. The average Bonchev–Trinajstić information content (AvgIpc) is 2.78. The second-order valence-corrected chi connectivity index (χ2v) is 4.69. The van der Waals surface area contributed by atoms with Crippen molar-refractivity contribution in [3.8, 4) is 0 Å². The van der Waals surface area contributed by atoms with Gasteiger partial charge < -0.3 is 9.13 Å². The van der Waals surface area contributed by atoms with Gasteiger partial charge in [0.05, 0.1) is 7.85 Å². The van der Waals surface area contributed by atoms with E-state index >= 15 is 0 Å². The zero-order valence-corrected chi connectivity index (χ0v) is 11.1. The molecule has 17 heavy (non-hydrogen) atoms. The van der Waals surface area contributed by atoms with Crippen molar-refractivity contribution in [3.63, 3.8) is 0 Å². The van der Waals surface area contributed by atoms with Crippen LogP contribution < -0.4 is 0 Å². The minimum atomic E-state index is 0.181. The molecule has 0 aliphatic rings. The highest BCUT2D eigenvalue weighted by atomic mass is 15.2. The maximum absolute atomic E-state index is 5.99. The van der Waals surface area contributed by atoms with E-state index in [0.717, 1.165) is 0 Å². The first-order chi connectivity index (χ1) is 8.06. The van der Waals surface area contributed by atoms with Crippen LogP contribution in [0.3, 0.4) is 0 Å². The lowest BCUT2D eigenvalue weighted by atomic mass is 10.0. The van der Waals surface area contributed by atoms with Gasteiger partial charge >= 0.3 is 0 Å². The molecule has 3 heteroatoms. The van der Waals surface area contributed by atoms with E-state index in [4.69, 9.17) is 7.85 Å². The molecule has 0 fully saturated rings. The number of hydrogen-bond acceptors (Lipinski definition) is 0. The van der Waals surface area contributed by atoms with Crippen LogP contribution in [0.5, 0.6) is 0 Å². The number of rotatable bonds is 3. The first kappa shape index (κ1) is 12.1. The van der Waals surface area contributed by atoms with E-state index in [2.05, 4.69) is 61.1 Å². The zero-order valence-electron chi connectivity index (χ0n) is 11.1. The Morgan fingerprint density at radius 1 is 0.824 bits per heavy atom. The van der Waals surface area contributed by atoms with Crippen molar-refractivity contribution >= 4 is 7.85 Å². The molecular formula is C14H19BN2. The van der Waals surface area contributed by atoms with E-state index in [0.29, 0.717) is 6.32 Å². The van der Waals surface area contributed by atoms with Crippen molar-refractivity contribution in [2.75, 3.05) is 0 Å². The van der Waals surface area contributed by atoms with Gasteiger partial charge in [-0.2, -0.15) is 0 Å². The maximum atomic E-state index is 5.99. The Labute approximate surface area is 105 Å². The van der Waals surface area contributed by atoms with Gasteiger partial charge in [0.2, 0.25) is 0 Å². The second-order valence-electron chi connectivity index (χ2n) is 4.69. The molecule has 2 aromatic rings. The van der Waals surface area contributed by atoms with Gasteiger partial charge in [0, 0.05) is 22.8 Å². The van der Waals surface area contributed by atoms with Crippen molar-refractivity contribution in [3.05, 3.63) is 47.0 Å². The lowest BCUT2D eigenvalue weighted by Crippen LogP contribution is -2.21. The van der Waals surface area contributed by atoms with Gasteiger partial charge in [-0.05, 0) is 58.3 Å². The van der Waals surface area contributed by atoms with Crippen molar-refractivity contribution in [1.29, 1.82) is 0 Å². The Kier molecular flexibility index (Phi) is 3.18. The van der Waals surface area contributed by atoms with E-state index in [9.17, 15) is 0 Å². The van der Waals surface area contributed by atoms with Crippen molar-refractivity contribution in [1.82, 2.24) is 9.13 Å². The van der Waals surface area contributed by atoms with Crippen LogP contribution in [0.2, 0.25) is 6.32 Å². The summed E-state index contributed by atoms with van der Waals surface area (Å²) in [7, 11) is 5.99. The summed E-state index contributed by atoms with van der Waals surface area (Å²) in [5.74, 6) is 0. The second kappa shape index (κ2) is 4.48. The molecule has 0 atom stereocenters. The van der Waals surface area contributed by atoms with Crippen LogP contribution in [-0.2, 0) is 0 Å². The molecule has 2 aromatic heterocycles. The lowest BCUT2D eigenvalue weighted by molar-refractivity contribution is 0.441. The van der Waals surface area contributed by atoms with Gasteiger partial charge in [-0.15, -0.1) is 0 Å². The maximum Gasteiger partial charge on any atom is 0.102 e. The fourth-order valence-electron chi connectivity index (χ4n) is 2.63. The number of aryl methyl sites for hydroxylation is 4. The molecule has 0 saturated carbocycles. The van der Waals surface area contributed by atoms with Gasteiger partial charge in [0.1, 0.15) is 6.17 Å². The SMILES string of the molecule is [B]CC(n1c(C)ccc1C)n1c(C)ccc1C. The predicted octanol–water partition coefficient (Wildman–Crippen LogP) is 3.16. The summed E-state index contributed by atoms with van der Waals surface area (Å²) in [6.07, 6.45) is 0.784. The molecule has 0 aliphatic heterocycles. The van der Waals surface area contributed by atoms with Gasteiger partial charge in [0.15, 0.2) is 0 Å². The molecule has 0 amide bonds. The molecule has 88 valence electrons. The van der Waals surface area contributed by atoms with Crippen LogP contribution >= 0.6 is 0 Å². The predicted molar refractivity (Wildman–Crippen MR) is 72.8 cm³/mol. The van der Waals surface area contributed by atoms with Crippen molar-refractivity contribution in [2.45, 2.75) is 40.2 Å². The lowest BCUT2D eigenvalue weighted by Gasteiger charge is -2.26. The molecule has 2 rings (SSSR count). The van der Waals surface area contributed by atoms with E-state index in [-0.39, 0.29) is 6.17 Å². The molecule has 0 N–H and O–H groups in total. The average molecular weight is 226 g/mol. The minimum absolute atomic E-state index is 0.181. The molecule has 0 spiro atoms. The summed E-state index contributed by atoms with van der Waals surface area (Å²) in [4.78, 5) is 0. The van der Waals surface area contributed by atoms with Gasteiger partial charge in [-0.25, -0.2) is 0 Å². The Hall–Kier alpha value is -1.38. The molecule has 0 bridgehead atoms. The number of aromatic nitrogens is 2. The summed E-state index contributed by atoms with van der Waals surface area (Å²) in [5.41, 5.74) is 5.02. The molecule has 0 aromatic carbocycles. The van der Waals surface area contributed by atoms with Crippen LogP contribution in [-0.4, -0.2) is 17.0 Å². The summed E-state index contributed by atoms with van der Waals surface area (Å²) in [5, 5.41) is 0. The topological polar surface area (TPSA) is 9.86 Å². The Morgan fingerprint density at radius 3 is 1.35 bits per heavy atom. The summed E-state index contributed by atoms with van der Waals surface area (Å²) >= 11 is 0. The van der Waals surface area contributed by atoms with Gasteiger partial charge in [0.25, 0.3) is 0 Å². The van der Waals surface area contributed by atoms with E-state index < -0.39 is 0 Å². The van der Waals surface area contributed by atoms with E-state index in [1.165, 1.54) is 22.8 Å². The van der Waals surface area contributed by atoms with Crippen LogP contribution in [0.4, 0.5) is 0 Å². The van der Waals surface area contributed by atoms with Gasteiger partial charge in [-0.3, -0.25) is 0 Å². The molecule has 2 radical (unpaired) electrons. The first-order valence-electron chi connectivity index (χ1n) is 6.05. The third kappa shape index (κ3) is 1.94. The smallest absolute Gasteiger partial charge is 0.102 e. The van der Waals surface area contributed by atoms with E-state index in [1.54, 1.807) is 0 Å². The highest BCUT2D eigenvalue weighted by molar-refractivity contribution is 6.08. The summed E-state index contributed by atoms with van der Waals surface area (Å²) in [6, 6.07) is 8.58. The highest BCUT2D eigenvalue weighted by Gasteiger charge is 2.16.